The molecule has 2 aromatic carbocycles. The van der Waals surface area contributed by atoms with Gasteiger partial charge in [0.15, 0.2) is 4.96 Å². The van der Waals surface area contributed by atoms with Gasteiger partial charge in [-0.1, -0.05) is 17.4 Å². The molecule has 0 bridgehead atoms. The molecule has 8 heteroatoms. The van der Waals surface area contributed by atoms with Gasteiger partial charge in [-0.05, 0) is 55.3 Å². The highest BCUT2D eigenvalue weighted by Gasteiger charge is 2.19. The minimum absolute atomic E-state index is 0. The lowest BCUT2D eigenvalue weighted by atomic mass is 10.0. The third-order valence-electron chi connectivity index (χ3n) is 5.11. The number of hydrogen-bond acceptors (Lipinski definition) is 4. The maximum Gasteiger partial charge on any atom is 0.248 e. The molecule has 0 saturated carbocycles. The van der Waals surface area contributed by atoms with Crippen LogP contribution < -0.4 is 11.1 Å². The number of imidazole rings is 1. The fraction of sp³-hybridized carbons (Fsp3) is 0.200. The average Bonchev–Trinajstić information content (AvgIpc) is 3.37. The summed E-state index contributed by atoms with van der Waals surface area (Å²) in [5, 5.41) is 3.39. The molecule has 144 valence electrons. The molecule has 5 nitrogen and oxygen atoms in total. The molecular formula is C20H18ClFN4OS. The third-order valence-corrected chi connectivity index (χ3v) is 6.13. The Labute approximate surface area is 170 Å². The zero-order valence-corrected chi connectivity index (χ0v) is 16.4. The van der Waals surface area contributed by atoms with E-state index in [4.69, 9.17) is 5.73 Å². The van der Waals surface area contributed by atoms with E-state index in [0.717, 1.165) is 40.1 Å². The molecule has 1 aliphatic heterocycles. The van der Waals surface area contributed by atoms with Gasteiger partial charge in [0.2, 0.25) is 5.91 Å². The van der Waals surface area contributed by atoms with Crippen molar-refractivity contribution < 1.29 is 9.18 Å². The molecule has 4 aromatic rings. The van der Waals surface area contributed by atoms with E-state index in [0.29, 0.717) is 16.8 Å². The van der Waals surface area contributed by atoms with Gasteiger partial charge in [0.1, 0.15) is 5.82 Å². The second-order valence-corrected chi connectivity index (χ2v) is 7.82. The summed E-state index contributed by atoms with van der Waals surface area (Å²) in [5.41, 5.74) is 8.82. The Morgan fingerprint density at radius 3 is 2.86 bits per heavy atom. The summed E-state index contributed by atoms with van der Waals surface area (Å²) in [6.45, 7) is 0.982. The van der Waals surface area contributed by atoms with Crippen LogP contribution in [0.5, 0.6) is 0 Å². The van der Waals surface area contributed by atoms with Crippen LogP contribution in [0.3, 0.4) is 0 Å². The second-order valence-electron chi connectivity index (χ2n) is 6.82. The summed E-state index contributed by atoms with van der Waals surface area (Å²) in [7, 11) is 0. The molecule has 5 rings (SSSR count). The molecule has 1 saturated heterocycles. The fourth-order valence-electron chi connectivity index (χ4n) is 3.71. The molecule has 2 aromatic heterocycles. The van der Waals surface area contributed by atoms with E-state index in [1.54, 1.807) is 18.2 Å². The van der Waals surface area contributed by atoms with E-state index in [9.17, 15) is 9.18 Å². The summed E-state index contributed by atoms with van der Waals surface area (Å²) >= 11 is 1.45. The molecule has 1 atom stereocenters. The highest BCUT2D eigenvalue weighted by Crippen LogP contribution is 2.32. The second kappa shape index (κ2) is 7.16. The van der Waals surface area contributed by atoms with Gasteiger partial charge in [-0.3, -0.25) is 9.20 Å². The predicted octanol–water partition coefficient (Wildman–Crippen LogP) is 4.30. The van der Waals surface area contributed by atoms with Gasteiger partial charge in [0.05, 0.1) is 15.9 Å². The Morgan fingerprint density at radius 2 is 2.14 bits per heavy atom. The Morgan fingerprint density at radius 1 is 1.29 bits per heavy atom. The maximum absolute atomic E-state index is 14.8. The minimum Gasteiger partial charge on any atom is -0.366 e. The topological polar surface area (TPSA) is 72.4 Å². The summed E-state index contributed by atoms with van der Waals surface area (Å²) in [6, 6.07) is 10.9. The van der Waals surface area contributed by atoms with E-state index in [2.05, 4.69) is 10.3 Å². The molecule has 0 spiro atoms. The monoisotopic (exact) mass is 416 g/mol. The highest BCUT2D eigenvalue weighted by molar-refractivity contribution is 7.23. The Kier molecular flexibility index (Phi) is 4.82. The molecule has 1 fully saturated rings. The molecule has 1 amide bonds. The van der Waals surface area contributed by atoms with Crippen molar-refractivity contribution in [3.05, 3.63) is 59.5 Å². The quantitative estimate of drug-likeness (QED) is 0.523. The van der Waals surface area contributed by atoms with Crippen molar-refractivity contribution in [1.29, 1.82) is 0 Å². The van der Waals surface area contributed by atoms with Crippen LogP contribution in [0.25, 0.3) is 26.4 Å². The van der Waals surface area contributed by atoms with E-state index in [-0.39, 0.29) is 24.3 Å². The number of nitrogens with one attached hydrogen (secondary N) is 1. The molecule has 0 radical (unpaired) electrons. The number of nitrogens with zero attached hydrogens (tertiary/aromatic N) is 2. The number of benzene rings is 2. The smallest absolute Gasteiger partial charge is 0.248 e. The number of primary amides is 1. The van der Waals surface area contributed by atoms with Crippen molar-refractivity contribution in [2.24, 2.45) is 5.73 Å². The van der Waals surface area contributed by atoms with E-state index in [1.807, 2.05) is 28.8 Å². The number of rotatable bonds is 3. The van der Waals surface area contributed by atoms with Gasteiger partial charge in [-0.15, -0.1) is 12.4 Å². The number of aromatic nitrogens is 2. The maximum atomic E-state index is 14.8. The van der Waals surface area contributed by atoms with Crippen molar-refractivity contribution in [1.82, 2.24) is 14.7 Å². The van der Waals surface area contributed by atoms with E-state index < -0.39 is 5.91 Å². The number of halogens is 2. The Balaban J connectivity index is 0.00000192. The lowest BCUT2D eigenvalue weighted by Gasteiger charge is -2.11. The summed E-state index contributed by atoms with van der Waals surface area (Å²) in [6.07, 6.45) is 4.00. The van der Waals surface area contributed by atoms with Crippen molar-refractivity contribution in [3.63, 3.8) is 0 Å². The van der Waals surface area contributed by atoms with Crippen LogP contribution in [0.1, 0.15) is 34.8 Å². The van der Waals surface area contributed by atoms with Gasteiger partial charge in [-0.2, -0.15) is 0 Å². The number of carbonyl (C=O) groups excluding carboxylic acids is 1. The minimum atomic E-state index is -0.456. The van der Waals surface area contributed by atoms with Gasteiger partial charge >= 0.3 is 0 Å². The first-order valence-electron chi connectivity index (χ1n) is 8.85. The summed E-state index contributed by atoms with van der Waals surface area (Å²) in [5.74, 6) is -0.713. The molecule has 28 heavy (non-hydrogen) atoms. The lowest BCUT2D eigenvalue weighted by molar-refractivity contribution is 0.100. The normalized spacial score (nSPS) is 16.5. The fourth-order valence-corrected chi connectivity index (χ4v) is 4.76. The first-order chi connectivity index (χ1) is 13.1. The zero-order valence-electron chi connectivity index (χ0n) is 14.8. The van der Waals surface area contributed by atoms with Crippen molar-refractivity contribution in [3.8, 4) is 11.3 Å². The SMILES string of the molecule is Cl.NC(=O)c1ccc2c(c1)sc1nc(-c3ccc(C4CCCN4)cc3F)cn12. The average molecular weight is 417 g/mol. The third kappa shape index (κ3) is 3.05. The Bertz CT molecular complexity index is 1200. The first kappa shape index (κ1) is 18.9. The summed E-state index contributed by atoms with van der Waals surface area (Å²) in [4.78, 5) is 16.7. The standard InChI is InChI=1S/C20H17FN4OS.ClH/c21-14-8-11(15-2-1-7-23-15)3-5-13(14)16-10-25-17-6-4-12(19(22)26)9-18(17)27-20(25)24-16;/h3-6,8-10,15,23H,1-2,7H2,(H2,22,26);1H. The number of hydrogen-bond donors (Lipinski definition) is 2. The number of nitrogens with two attached hydrogens (primary N) is 1. The van der Waals surface area contributed by atoms with Crippen molar-refractivity contribution in [2.75, 3.05) is 6.54 Å². The molecule has 0 aliphatic carbocycles. The summed E-state index contributed by atoms with van der Waals surface area (Å²) < 4.78 is 17.6. The number of amides is 1. The van der Waals surface area contributed by atoms with E-state index in [1.165, 1.54) is 11.3 Å². The Hall–Kier alpha value is -2.48. The van der Waals surface area contributed by atoms with Gasteiger partial charge in [-0.25, -0.2) is 9.37 Å². The van der Waals surface area contributed by atoms with Crippen LogP contribution in [0.2, 0.25) is 0 Å². The molecule has 1 unspecified atom stereocenters. The number of fused-ring (bicyclic) bond motifs is 3. The van der Waals surface area contributed by atoms with Gasteiger partial charge in [0, 0.05) is 23.4 Å². The number of carbonyl (C=O) groups is 1. The molecular weight excluding hydrogens is 399 g/mol. The zero-order chi connectivity index (χ0) is 18.5. The molecule has 3 N–H and O–H groups in total. The largest absolute Gasteiger partial charge is 0.366 e. The molecule has 3 heterocycles. The number of thiazole rings is 1. The van der Waals surface area contributed by atoms with Crippen LogP contribution in [0, 0.1) is 5.82 Å². The van der Waals surface area contributed by atoms with Gasteiger partial charge in [0.25, 0.3) is 0 Å². The van der Waals surface area contributed by atoms with Crippen LogP contribution in [-0.4, -0.2) is 21.8 Å². The van der Waals surface area contributed by atoms with Crippen LogP contribution in [-0.2, 0) is 0 Å². The van der Waals surface area contributed by atoms with Crippen molar-refractivity contribution in [2.45, 2.75) is 18.9 Å². The lowest BCUT2D eigenvalue weighted by Crippen LogP contribution is -2.12. The molecule has 1 aliphatic rings. The van der Waals surface area contributed by atoms with E-state index >= 15 is 0 Å². The predicted molar refractivity (Wildman–Crippen MR) is 112 cm³/mol. The van der Waals surface area contributed by atoms with Crippen LogP contribution >= 0.6 is 23.7 Å². The van der Waals surface area contributed by atoms with Crippen LogP contribution in [0.4, 0.5) is 4.39 Å². The van der Waals surface area contributed by atoms with Crippen LogP contribution in [0.15, 0.2) is 42.6 Å². The first-order valence-corrected chi connectivity index (χ1v) is 9.66. The van der Waals surface area contributed by atoms with Gasteiger partial charge < -0.3 is 11.1 Å². The van der Waals surface area contributed by atoms with Crippen molar-refractivity contribution >= 4 is 44.8 Å². The highest BCUT2D eigenvalue weighted by atomic mass is 35.5.